The van der Waals surface area contributed by atoms with Gasteiger partial charge in [-0.1, -0.05) is 32.0 Å². The number of carbonyl (C=O) groups excluding carboxylic acids is 1. The maximum absolute atomic E-state index is 11.7. The first-order chi connectivity index (χ1) is 8.54. The molecule has 1 rings (SSSR count). The predicted molar refractivity (Wildman–Crippen MR) is 73.7 cm³/mol. The first-order valence-electron chi connectivity index (χ1n) is 6.51. The van der Waals surface area contributed by atoms with Gasteiger partial charge in [0.1, 0.15) is 0 Å². The number of hydrogen-bond acceptors (Lipinski definition) is 2. The minimum Gasteiger partial charge on any atom is -0.396 e. The lowest BCUT2D eigenvalue weighted by molar-refractivity contribution is -0.120. The summed E-state index contributed by atoms with van der Waals surface area (Å²) in [5.41, 5.74) is 3.50. The summed E-state index contributed by atoms with van der Waals surface area (Å²) in [6.45, 7) is 6.98. The van der Waals surface area contributed by atoms with Crippen LogP contribution in [-0.2, 0) is 11.2 Å². The molecule has 0 bridgehead atoms. The van der Waals surface area contributed by atoms with Crippen LogP contribution >= 0.6 is 0 Å². The van der Waals surface area contributed by atoms with Crippen molar-refractivity contribution in [2.45, 2.75) is 39.5 Å². The van der Waals surface area contributed by atoms with Crippen molar-refractivity contribution >= 4 is 5.91 Å². The second-order valence-corrected chi connectivity index (χ2v) is 4.94. The molecule has 0 aromatic heterocycles. The van der Waals surface area contributed by atoms with Gasteiger partial charge in [-0.2, -0.15) is 0 Å². The van der Waals surface area contributed by atoms with Crippen LogP contribution in [0.15, 0.2) is 18.2 Å². The Morgan fingerprint density at radius 3 is 2.72 bits per heavy atom. The number of aryl methyl sites for hydroxylation is 1. The standard InChI is InChI=1S/C15H23NO2/c1-11(2)13-6-5-12(3)14(9-13)10-15(18)16-7-4-8-17/h5-6,9,11,17H,4,7-8,10H2,1-3H3,(H,16,18). The van der Waals surface area contributed by atoms with Crippen LogP contribution in [0.4, 0.5) is 0 Å². The highest BCUT2D eigenvalue weighted by Gasteiger charge is 2.08. The minimum absolute atomic E-state index is 0.0208. The van der Waals surface area contributed by atoms with Crippen LogP contribution in [0.3, 0.4) is 0 Å². The average Bonchev–Trinajstić information content (AvgIpc) is 2.32. The fourth-order valence-corrected chi connectivity index (χ4v) is 1.78. The first kappa shape index (κ1) is 14.7. The third-order valence-electron chi connectivity index (χ3n) is 3.05. The van der Waals surface area contributed by atoms with Crippen LogP contribution in [0.25, 0.3) is 0 Å². The topological polar surface area (TPSA) is 49.3 Å². The van der Waals surface area contributed by atoms with E-state index >= 15 is 0 Å². The second kappa shape index (κ2) is 7.17. The molecule has 0 saturated heterocycles. The average molecular weight is 249 g/mol. The van der Waals surface area contributed by atoms with E-state index in [1.54, 1.807) is 0 Å². The monoisotopic (exact) mass is 249 g/mol. The molecule has 0 aliphatic heterocycles. The lowest BCUT2D eigenvalue weighted by atomic mass is 9.96. The molecule has 0 aliphatic carbocycles. The van der Waals surface area contributed by atoms with Crippen molar-refractivity contribution in [1.82, 2.24) is 5.32 Å². The summed E-state index contributed by atoms with van der Waals surface area (Å²) >= 11 is 0. The highest BCUT2D eigenvalue weighted by atomic mass is 16.3. The van der Waals surface area contributed by atoms with Crippen LogP contribution in [-0.4, -0.2) is 24.2 Å². The normalized spacial score (nSPS) is 10.7. The molecule has 0 atom stereocenters. The largest absolute Gasteiger partial charge is 0.396 e. The lowest BCUT2D eigenvalue weighted by Crippen LogP contribution is -2.26. The van der Waals surface area contributed by atoms with Gasteiger partial charge in [0, 0.05) is 13.2 Å². The summed E-state index contributed by atoms with van der Waals surface area (Å²) in [5.74, 6) is 0.495. The summed E-state index contributed by atoms with van der Waals surface area (Å²) < 4.78 is 0. The SMILES string of the molecule is Cc1ccc(C(C)C)cc1CC(=O)NCCCO. The number of aliphatic hydroxyl groups excluding tert-OH is 1. The van der Waals surface area contributed by atoms with Crippen molar-refractivity contribution < 1.29 is 9.90 Å². The number of rotatable bonds is 6. The molecule has 2 N–H and O–H groups in total. The quantitative estimate of drug-likeness (QED) is 0.759. The number of carbonyl (C=O) groups is 1. The Morgan fingerprint density at radius 1 is 1.39 bits per heavy atom. The molecule has 0 aliphatic rings. The number of amides is 1. The van der Waals surface area contributed by atoms with Gasteiger partial charge in [-0.25, -0.2) is 0 Å². The van der Waals surface area contributed by atoms with Gasteiger partial charge in [0.2, 0.25) is 5.91 Å². The molecule has 0 saturated carbocycles. The van der Waals surface area contributed by atoms with E-state index in [2.05, 4.69) is 37.4 Å². The van der Waals surface area contributed by atoms with E-state index in [0.717, 1.165) is 11.1 Å². The Morgan fingerprint density at radius 2 is 2.11 bits per heavy atom. The van der Waals surface area contributed by atoms with Crippen LogP contribution in [0.2, 0.25) is 0 Å². The smallest absolute Gasteiger partial charge is 0.224 e. The molecule has 1 aromatic carbocycles. The summed E-state index contributed by atoms with van der Waals surface area (Å²) in [5, 5.41) is 11.5. The molecule has 1 amide bonds. The zero-order chi connectivity index (χ0) is 13.5. The van der Waals surface area contributed by atoms with Crippen LogP contribution in [0.1, 0.15) is 42.9 Å². The highest BCUT2D eigenvalue weighted by Crippen LogP contribution is 2.18. The van der Waals surface area contributed by atoms with E-state index in [1.807, 2.05) is 6.92 Å². The molecular formula is C15H23NO2. The molecule has 3 nitrogen and oxygen atoms in total. The van der Waals surface area contributed by atoms with Gasteiger partial charge in [-0.15, -0.1) is 0 Å². The summed E-state index contributed by atoms with van der Waals surface area (Å²) in [6.07, 6.45) is 1.02. The maximum Gasteiger partial charge on any atom is 0.224 e. The Hall–Kier alpha value is -1.35. The van der Waals surface area contributed by atoms with Crippen molar-refractivity contribution in [1.29, 1.82) is 0 Å². The Kier molecular flexibility index (Phi) is 5.86. The van der Waals surface area contributed by atoms with Crippen molar-refractivity contribution in [3.8, 4) is 0 Å². The molecule has 0 spiro atoms. The van der Waals surface area contributed by atoms with Gasteiger partial charge in [-0.05, 0) is 36.0 Å². The molecule has 0 unspecified atom stereocenters. The lowest BCUT2D eigenvalue weighted by Gasteiger charge is -2.11. The third kappa shape index (κ3) is 4.49. The van der Waals surface area contributed by atoms with Gasteiger partial charge in [0.15, 0.2) is 0 Å². The van der Waals surface area contributed by atoms with Crippen LogP contribution < -0.4 is 5.32 Å². The minimum atomic E-state index is 0.0208. The summed E-state index contributed by atoms with van der Waals surface area (Å²) in [6, 6.07) is 6.31. The Balaban J connectivity index is 2.65. The van der Waals surface area contributed by atoms with Gasteiger partial charge in [-0.3, -0.25) is 4.79 Å². The van der Waals surface area contributed by atoms with E-state index < -0.39 is 0 Å². The summed E-state index contributed by atoms with van der Waals surface area (Å²) in [7, 11) is 0. The van der Waals surface area contributed by atoms with E-state index in [4.69, 9.17) is 5.11 Å². The van der Waals surface area contributed by atoms with Gasteiger partial charge >= 0.3 is 0 Å². The Bertz CT molecular complexity index is 399. The fourth-order valence-electron chi connectivity index (χ4n) is 1.78. The number of aliphatic hydroxyl groups is 1. The molecule has 1 aromatic rings. The van der Waals surface area contributed by atoms with Gasteiger partial charge < -0.3 is 10.4 Å². The molecular weight excluding hydrogens is 226 g/mol. The van der Waals surface area contributed by atoms with E-state index in [-0.39, 0.29) is 12.5 Å². The summed E-state index contributed by atoms with van der Waals surface area (Å²) in [4.78, 5) is 11.7. The Labute approximate surface area is 109 Å². The van der Waals surface area contributed by atoms with E-state index in [0.29, 0.717) is 25.3 Å². The van der Waals surface area contributed by atoms with E-state index in [9.17, 15) is 4.79 Å². The number of hydrogen-bond donors (Lipinski definition) is 2. The highest BCUT2D eigenvalue weighted by molar-refractivity contribution is 5.78. The third-order valence-corrected chi connectivity index (χ3v) is 3.05. The van der Waals surface area contributed by atoms with Gasteiger partial charge in [0.25, 0.3) is 0 Å². The second-order valence-electron chi connectivity index (χ2n) is 4.94. The van der Waals surface area contributed by atoms with Crippen molar-refractivity contribution in [2.24, 2.45) is 0 Å². The number of nitrogens with one attached hydrogen (secondary N) is 1. The molecule has 0 heterocycles. The van der Waals surface area contributed by atoms with Crippen molar-refractivity contribution in [3.63, 3.8) is 0 Å². The van der Waals surface area contributed by atoms with Gasteiger partial charge in [0.05, 0.1) is 6.42 Å². The molecule has 100 valence electrons. The zero-order valence-electron chi connectivity index (χ0n) is 11.5. The van der Waals surface area contributed by atoms with Crippen LogP contribution in [0.5, 0.6) is 0 Å². The molecule has 0 fully saturated rings. The maximum atomic E-state index is 11.7. The van der Waals surface area contributed by atoms with E-state index in [1.165, 1.54) is 5.56 Å². The van der Waals surface area contributed by atoms with Crippen LogP contribution in [0, 0.1) is 6.92 Å². The number of benzene rings is 1. The van der Waals surface area contributed by atoms with Crippen molar-refractivity contribution in [2.75, 3.05) is 13.2 Å². The first-order valence-corrected chi connectivity index (χ1v) is 6.51. The van der Waals surface area contributed by atoms with Crippen molar-refractivity contribution in [3.05, 3.63) is 34.9 Å². The predicted octanol–water partition coefficient (Wildman–Crippen LogP) is 2.16. The fraction of sp³-hybridized carbons (Fsp3) is 0.533. The zero-order valence-corrected chi connectivity index (χ0v) is 11.5. The molecule has 0 radical (unpaired) electrons. The molecule has 3 heteroatoms. The molecule has 18 heavy (non-hydrogen) atoms.